The number of hydrogen-bond acceptors (Lipinski definition) is 6. The van der Waals surface area contributed by atoms with Gasteiger partial charge in [0.25, 0.3) is 11.8 Å². The van der Waals surface area contributed by atoms with Gasteiger partial charge in [-0.2, -0.15) is 0 Å². The molecule has 4 rings (SSSR count). The second-order valence-electron chi connectivity index (χ2n) is 8.42. The van der Waals surface area contributed by atoms with E-state index in [2.05, 4.69) is 10.2 Å². The Labute approximate surface area is 211 Å². The molecule has 1 N–H and O–H groups in total. The lowest BCUT2D eigenvalue weighted by Gasteiger charge is -2.24. The van der Waals surface area contributed by atoms with E-state index < -0.39 is 0 Å². The molecule has 0 atom stereocenters. The summed E-state index contributed by atoms with van der Waals surface area (Å²) in [5.41, 5.74) is 2.36. The Morgan fingerprint density at radius 2 is 1.53 bits per heavy atom. The molecular weight excluding hydrogens is 458 g/mol. The summed E-state index contributed by atoms with van der Waals surface area (Å²) in [7, 11) is 3.23. The largest absolute Gasteiger partial charge is 0.497 e. The molecule has 1 aliphatic heterocycles. The van der Waals surface area contributed by atoms with Crippen LogP contribution >= 0.6 is 0 Å². The van der Waals surface area contributed by atoms with Crippen LogP contribution in [0, 0.1) is 0 Å². The van der Waals surface area contributed by atoms with Gasteiger partial charge >= 0.3 is 0 Å². The Morgan fingerprint density at radius 3 is 2.25 bits per heavy atom. The number of amides is 2. The summed E-state index contributed by atoms with van der Waals surface area (Å²) in [6.07, 6.45) is 0.890. The predicted molar refractivity (Wildman–Crippen MR) is 139 cm³/mol. The van der Waals surface area contributed by atoms with Crippen molar-refractivity contribution in [3.63, 3.8) is 0 Å². The van der Waals surface area contributed by atoms with Crippen LogP contribution in [0.4, 0.5) is 11.4 Å². The highest BCUT2D eigenvalue weighted by atomic mass is 16.5. The molecule has 0 aromatic heterocycles. The fourth-order valence-corrected chi connectivity index (χ4v) is 4.09. The summed E-state index contributed by atoms with van der Waals surface area (Å²) in [5.74, 6) is 1.72. The number of carbonyl (C=O) groups is 2. The number of nitrogens with one attached hydrogen (secondary N) is 1. The Morgan fingerprint density at radius 1 is 0.806 bits per heavy atom. The first-order valence-electron chi connectivity index (χ1n) is 11.9. The molecule has 1 heterocycles. The third-order valence-electron chi connectivity index (χ3n) is 6.05. The lowest BCUT2D eigenvalue weighted by Crippen LogP contribution is -2.35. The van der Waals surface area contributed by atoms with Gasteiger partial charge in [-0.3, -0.25) is 9.59 Å². The maximum absolute atomic E-state index is 13.1. The molecule has 3 aromatic rings. The van der Waals surface area contributed by atoms with Crippen LogP contribution < -0.4 is 24.4 Å². The van der Waals surface area contributed by atoms with E-state index in [4.69, 9.17) is 14.2 Å². The molecule has 1 fully saturated rings. The molecule has 0 saturated carbocycles. The maximum Gasteiger partial charge on any atom is 0.262 e. The summed E-state index contributed by atoms with van der Waals surface area (Å²) in [4.78, 5) is 29.5. The van der Waals surface area contributed by atoms with Crippen molar-refractivity contribution in [2.75, 3.05) is 57.2 Å². The zero-order valence-corrected chi connectivity index (χ0v) is 20.6. The molecule has 0 aliphatic carbocycles. The van der Waals surface area contributed by atoms with Crippen molar-refractivity contribution in [3.05, 3.63) is 78.4 Å². The topological polar surface area (TPSA) is 80.3 Å². The Bertz CT molecular complexity index is 1160. The number of ether oxygens (including phenoxy) is 3. The first kappa shape index (κ1) is 24.9. The zero-order valence-electron chi connectivity index (χ0n) is 20.6. The van der Waals surface area contributed by atoms with Crippen molar-refractivity contribution in [3.8, 4) is 17.2 Å². The summed E-state index contributed by atoms with van der Waals surface area (Å²) >= 11 is 0. The molecule has 0 radical (unpaired) electrons. The van der Waals surface area contributed by atoms with Crippen LogP contribution in [0.25, 0.3) is 0 Å². The van der Waals surface area contributed by atoms with Gasteiger partial charge in [0.15, 0.2) is 6.61 Å². The number of benzene rings is 3. The molecule has 36 heavy (non-hydrogen) atoms. The van der Waals surface area contributed by atoms with Crippen molar-refractivity contribution in [1.29, 1.82) is 0 Å². The quantitative estimate of drug-likeness (QED) is 0.514. The first-order chi connectivity index (χ1) is 17.6. The average molecular weight is 490 g/mol. The van der Waals surface area contributed by atoms with Crippen molar-refractivity contribution in [2.24, 2.45) is 0 Å². The summed E-state index contributed by atoms with van der Waals surface area (Å²) in [5, 5.41) is 2.77. The third-order valence-corrected chi connectivity index (χ3v) is 6.05. The van der Waals surface area contributed by atoms with E-state index >= 15 is 0 Å². The zero-order chi connectivity index (χ0) is 25.3. The van der Waals surface area contributed by atoms with Gasteiger partial charge in [-0.05, 0) is 67.1 Å². The molecule has 0 unspecified atom stereocenters. The van der Waals surface area contributed by atoms with Crippen LogP contribution in [0.3, 0.4) is 0 Å². The van der Waals surface area contributed by atoms with Gasteiger partial charge < -0.3 is 29.3 Å². The number of anilines is 2. The fourth-order valence-electron chi connectivity index (χ4n) is 4.09. The van der Waals surface area contributed by atoms with E-state index in [1.807, 2.05) is 29.2 Å². The highest BCUT2D eigenvalue weighted by molar-refractivity contribution is 5.94. The van der Waals surface area contributed by atoms with Crippen LogP contribution in [0.5, 0.6) is 17.2 Å². The number of methoxy groups -OCH3 is 2. The SMILES string of the molecule is COc1ccc(N2CCCN(C(=O)c3ccc(OCC(=O)Nc4cccc(OC)c4)cc3)CC2)cc1. The van der Waals surface area contributed by atoms with E-state index in [0.29, 0.717) is 35.8 Å². The molecule has 1 saturated heterocycles. The van der Waals surface area contributed by atoms with E-state index in [1.54, 1.807) is 62.8 Å². The smallest absolute Gasteiger partial charge is 0.262 e. The number of rotatable bonds is 8. The molecule has 0 bridgehead atoms. The first-order valence-corrected chi connectivity index (χ1v) is 11.9. The van der Waals surface area contributed by atoms with Crippen molar-refractivity contribution >= 4 is 23.2 Å². The Balaban J connectivity index is 1.27. The van der Waals surface area contributed by atoms with Gasteiger partial charge in [-0.15, -0.1) is 0 Å². The lowest BCUT2D eigenvalue weighted by molar-refractivity contribution is -0.118. The molecule has 3 aromatic carbocycles. The van der Waals surface area contributed by atoms with E-state index in [0.717, 1.165) is 30.9 Å². The average Bonchev–Trinajstić information content (AvgIpc) is 3.18. The van der Waals surface area contributed by atoms with Crippen molar-refractivity contribution < 1.29 is 23.8 Å². The molecule has 2 amide bonds. The highest BCUT2D eigenvalue weighted by Gasteiger charge is 2.20. The maximum atomic E-state index is 13.1. The van der Waals surface area contributed by atoms with Gasteiger partial charge in [0.1, 0.15) is 17.2 Å². The standard InChI is InChI=1S/C28H31N3O5/c1-34-24-13-9-23(10-14-24)30-15-4-16-31(18-17-30)28(33)21-7-11-25(12-8-21)36-20-27(32)29-22-5-3-6-26(19-22)35-2/h3,5-14,19H,4,15-18,20H2,1-2H3,(H,29,32). The van der Waals surface area contributed by atoms with Gasteiger partial charge in [0.05, 0.1) is 14.2 Å². The summed E-state index contributed by atoms with van der Waals surface area (Å²) < 4.78 is 16.0. The summed E-state index contributed by atoms with van der Waals surface area (Å²) in [6, 6.07) is 22.0. The van der Waals surface area contributed by atoms with Crippen molar-refractivity contribution in [2.45, 2.75) is 6.42 Å². The second-order valence-corrected chi connectivity index (χ2v) is 8.42. The highest BCUT2D eigenvalue weighted by Crippen LogP contribution is 2.22. The van der Waals surface area contributed by atoms with Crippen LogP contribution in [-0.4, -0.2) is 63.7 Å². The molecule has 8 heteroatoms. The van der Waals surface area contributed by atoms with E-state index in [9.17, 15) is 9.59 Å². The number of carbonyl (C=O) groups excluding carboxylic acids is 2. The van der Waals surface area contributed by atoms with Crippen LogP contribution in [0.1, 0.15) is 16.8 Å². The minimum absolute atomic E-state index is 0.00565. The van der Waals surface area contributed by atoms with Gasteiger partial charge in [0.2, 0.25) is 0 Å². The van der Waals surface area contributed by atoms with Crippen LogP contribution in [0.15, 0.2) is 72.8 Å². The van der Waals surface area contributed by atoms with Gasteiger partial charge in [-0.1, -0.05) is 6.07 Å². The van der Waals surface area contributed by atoms with Crippen LogP contribution in [0.2, 0.25) is 0 Å². The molecule has 8 nitrogen and oxygen atoms in total. The third kappa shape index (κ3) is 6.47. The Hall–Kier alpha value is -4.20. The van der Waals surface area contributed by atoms with E-state index in [1.165, 1.54) is 0 Å². The van der Waals surface area contributed by atoms with Gasteiger partial charge in [-0.25, -0.2) is 0 Å². The molecule has 1 aliphatic rings. The normalized spacial score (nSPS) is 13.5. The monoisotopic (exact) mass is 489 g/mol. The minimum atomic E-state index is -0.283. The fraction of sp³-hybridized carbons (Fsp3) is 0.286. The van der Waals surface area contributed by atoms with Crippen LogP contribution in [-0.2, 0) is 4.79 Å². The summed E-state index contributed by atoms with van der Waals surface area (Å²) in [6.45, 7) is 2.86. The van der Waals surface area contributed by atoms with E-state index in [-0.39, 0.29) is 18.4 Å². The molecular formula is C28H31N3O5. The second kappa shape index (κ2) is 12.0. The van der Waals surface area contributed by atoms with Crippen molar-refractivity contribution in [1.82, 2.24) is 4.90 Å². The van der Waals surface area contributed by atoms with Gasteiger partial charge in [0, 0.05) is 49.2 Å². The predicted octanol–water partition coefficient (Wildman–Crippen LogP) is 4.07. The molecule has 0 spiro atoms. The Kier molecular flexibility index (Phi) is 8.28. The molecule has 188 valence electrons. The lowest BCUT2D eigenvalue weighted by atomic mass is 10.2. The number of nitrogens with zero attached hydrogens (tertiary/aromatic N) is 2. The number of hydrogen-bond donors (Lipinski definition) is 1. The minimum Gasteiger partial charge on any atom is -0.497 e.